The van der Waals surface area contributed by atoms with Gasteiger partial charge in [0.2, 0.25) is 17.6 Å². The van der Waals surface area contributed by atoms with E-state index >= 15 is 0 Å². The first-order valence-electron chi connectivity index (χ1n) is 9.75. The number of amides is 2. The first-order valence-corrected chi connectivity index (χ1v) is 11.5. The van der Waals surface area contributed by atoms with Crippen LogP contribution in [0.3, 0.4) is 0 Å². The summed E-state index contributed by atoms with van der Waals surface area (Å²) in [6.07, 6.45) is 1.40. The van der Waals surface area contributed by atoms with Gasteiger partial charge in [0.1, 0.15) is 5.75 Å². The van der Waals surface area contributed by atoms with Crippen molar-refractivity contribution in [2.75, 3.05) is 47.2 Å². The minimum absolute atomic E-state index is 0.0472. The van der Waals surface area contributed by atoms with Crippen LogP contribution >= 0.6 is 0 Å². The summed E-state index contributed by atoms with van der Waals surface area (Å²) in [5.74, 6) is 0.479. The van der Waals surface area contributed by atoms with Crippen molar-refractivity contribution in [3.8, 4) is 17.2 Å². The van der Waals surface area contributed by atoms with Crippen LogP contribution in [0.25, 0.3) is 0 Å². The van der Waals surface area contributed by atoms with Crippen LogP contribution in [-0.2, 0) is 25.8 Å². The van der Waals surface area contributed by atoms with Gasteiger partial charge >= 0.3 is 0 Å². The number of benzene rings is 1. The van der Waals surface area contributed by atoms with Gasteiger partial charge < -0.3 is 24.4 Å². The average molecular weight is 443 g/mol. The van der Waals surface area contributed by atoms with E-state index in [1.54, 1.807) is 18.1 Å². The van der Waals surface area contributed by atoms with Crippen molar-refractivity contribution in [3.63, 3.8) is 0 Å². The quantitative estimate of drug-likeness (QED) is 0.602. The first kappa shape index (κ1) is 23.8. The van der Waals surface area contributed by atoms with Crippen LogP contribution in [0.2, 0.25) is 0 Å². The Labute approximate surface area is 177 Å². The normalized spacial score (nSPS) is 14.9. The Kier molecular flexibility index (Phi) is 8.33. The second kappa shape index (κ2) is 10.5. The van der Waals surface area contributed by atoms with Crippen molar-refractivity contribution in [2.45, 2.75) is 30.9 Å². The molecule has 9 nitrogen and oxygen atoms in total. The molecule has 1 fully saturated rings. The van der Waals surface area contributed by atoms with Gasteiger partial charge in [-0.15, -0.1) is 0 Å². The minimum Gasteiger partial charge on any atom is -0.493 e. The molecular formula is C20H30N2O7S. The van der Waals surface area contributed by atoms with Crippen LogP contribution in [0.4, 0.5) is 0 Å². The van der Waals surface area contributed by atoms with Crippen LogP contribution in [0, 0.1) is 0 Å². The maximum absolute atomic E-state index is 12.6. The number of sulfone groups is 1. The summed E-state index contributed by atoms with van der Waals surface area (Å²) in [5, 5.41) is 1.74. The molecule has 2 rings (SSSR count). The van der Waals surface area contributed by atoms with Crippen molar-refractivity contribution < 1.29 is 32.2 Å². The van der Waals surface area contributed by atoms with E-state index in [1.807, 2.05) is 6.07 Å². The molecule has 1 heterocycles. The molecule has 168 valence electrons. The Morgan fingerprint density at radius 3 is 2.23 bits per heavy atom. The van der Waals surface area contributed by atoms with Gasteiger partial charge in [-0.3, -0.25) is 9.59 Å². The lowest BCUT2D eigenvalue weighted by atomic mass is 10.1. The number of likely N-dealkylation sites (tertiary alicyclic amines) is 1. The van der Waals surface area contributed by atoms with Crippen LogP contribution < -0.4 is 19.5 Å². The van der Waals surface area contributed by atoms with E-state index in [4.69, 9.17) is 14.2 Å². The zero-order valence-electron chi connectivity index (χ0n) is 17.9. The molecule has 0 unspecified atom stereocenters. The summed E-state index contributed by atoms with van der Waals surface area (Å²) in [6.45, 7) is 0.721. The van der Waals surface area contributed by atoms with Crippen molar-refractivity contribution in [1.29, 1.82) is 0 Å². The second-order valence-corrected chi connectivity index (χ2v) is 9.34. The van der Waals surface area contributed by atoms with Gasteiger partial charge in [-0.05, 0) is 30.9 Å². The molecule has 10 heteroatoms. The molecule has 0 bridgehead atoms. The molecule has 0 saturated carbocycles. The first-order chi connectivity index (χ1) is 14.3. The number of nitrogens with zero attached hydrogens (tertiary/aromatic N) is 1. The van der Waals surface area contributed by atoms with E-state index < -0.39 is 26.7 Å². The van der Waals surface area contributed by atoms with Crippen LogP contribution in [0.5, 0.6) is 17.2 Å². The molecule has 1 aromatic rings. The van der Waals surface area contributed by atoms with Crippen molar-refractivity contribution in [2.24, 2.45) is 0 Å². The minimum atomic E-state index is -3.51. The molecule has 30 heavy (non-hydrogen) atoms. The van der Waals surface area contributed by atoms with Crippen molar-refractivity contribution >= 4 is 21.7 Å². The van der Waals surface area contributed by atoms with Crippen LogP contribution in [0.15, 0.2) is 12.1 Å². The Morgan fingerprint density at radius 2 is 1.70 bits per heavy atom. The summed E-state index contributed by atoms with van der Waals surface area (Å²) < 4.78 is 40.7. The molecule has 0 atom stereocenters. The fourth-order valence-corrected chi connectivity index (χ4v) is 5.27. The maximum Gasteiger partial charge on any atom is 0.234 e. The molecule has 1 N–H and O–H groups in total. The molecule has 0 spiro atoms. The fourth-order valence-electron chi connectivity index (χ4n) is 3.60. The highest BCUT2D eigenvalue weighted by Crippen LogP contribution is 2.40. The Balaban J connectivity index is 1.95. The number of nitrogens with one attached hydrogen (secondary N) is 1. The number of ether oxygens (including phenoxy) is 3. The highest BCUT2D eigenvalue weighted by Gasteiger charge is 2.32. The number of hydrogen-bond acceptors (Lipinski definition) is 7. The fraction of sp³-hybridized carbons (Fsp3) is 0.600. The van der Waals surface area contributed by atoms with Crippen molar-refractivity contribution in [1.82, 2.24) is 10.2 Å². The number of carbonyl (C=O) groups excluding carboxylic acids is 2. The molecule has 0 aromatic heterocycles. The third kappa shape index (κ3) is 5.56. The van der Waals surface area contributed by atoms with Crippen LogP contribution in [-0.4, -0.2) is 77.6 Å². The maximum atomic E-state index is 12.6. The SMILES string of the molecule is CNC(=O)CS(=O)(=O)C1CCN(C(=O)CCc2ccc(OC)c(OC)c2OC)CC1. The van der Waals surface area contributed by atoms with E-state index in [9.17, 15) is 18.0 Å². The summed E-state index contributed by atoms with van der Waals surface area (Å²) in [6, 6.07) is 3.61. The molecule has 2 amide bonds. The predicted octanol–water partition coefficient (Wildman–Crippen LogP) is 0.797. The molecule has 0 radical (unpaired) electrons. The van der Waals surface area contributed by atoms with Gasteiger partial charge in [0, 0.05) is 26.6 Å². The molecule has 1 aliphatic heterocycles. The highest BCUT2D eigenvalue weighted by molar-refractivity contribution is 7.92. The third-order valence-electron chi connectivity index (χ3n) is 5.31. The van der Waals surface area contributed by atoms with E-state index in [1.165, 1.54) is 21.3 Å². The monoisotopic (exact) mass is 442 g/mol. The molecule has 1 aliphatic rings. The number of piperidine rings is 1. The zero-order chi connectivity index (χ0) is 22.3. The third-order valence-corrected chi connectivity index (χ3v) is 7.46. The summed E-state index contributed by atoms with van der Waals surface area (Å²) in [7, 11) is 2.50. The number of aryl methyl sites for hydroxylation is 1. The smallest absolute Gasteiger partial charge is 0.234 e. The lowest BCUT2D eigenvalue weighted by Gasteiger charge is -2.31. The number of hydrogen-bond donors (Lipinski definition) is 1. The number of carbonyl (C=O) groups is 2. The summed E-state index contributed by atoms with van der Waals surface area (Å²) in [5.41, 5.74) is 0.826. The van der Waals surface area contributed by atoms with Gasteiger partial charge in [0.05, 0.1) is 26.6 Å². The Morgan fingerprint density at radius 1 is 1.07 bits per heavy atom. The summed E-state index contributed by atoms with van der Waals surface area (Å²) in [4.78, 5) is 25.7. The van der Waals surface area contributed by atoms with Crippen LogP contribution in [0.1, 0.15) is 24.8 Å². The van der Waals surface area contributed by atoms with Gasteiger partial charge in [-0.2, -0.15) is 0 Å². The Bertz CT molecular complexity index is 862. The molecule has 1 saturated heterocycles. The zero-order valence-corrected chi connectivity index (χ0v) is 18.7. The molecular weight excluding hydrogens is 412 g/mol. The molecule has 0 aliphatic carbocycles. The lowest BCUT2D eigenvalue weighted by molar-refractivity contribution is -0.132. The molecule has 1 aromatic carbocycles. The van der Waals surface area contributed by atoms with E-state index in [0.717, 1.165) is 5.56 Å². The largest absolute Gasteiger partial charge is 0.493 e. The van der Waals surface area contributed by atoms with Gasteiger partial charge in [-0.25, -0.2) is 8.42 Å². The lowest BCUT2D eigenvalue weighted by Crippen LogP contribution is -2.44. The van der Waals surface area contributed by atoms with E-state index in [2.05, 4.69) is 5.32 Å². The predicted molar refractivity (Wildman–Crippen MR) is 112 cm³/mol. The van der Waals surface area contributed by atoms with E-state index in [-0.39, 0.29) is 12.3 Å². The number of methoxy groups -OCH3 is 3. The summed E-state index contributed by atoms with van der Waals surface area (Å²) >= 11 is 0. The van der Waals surface area contributed by atoms with Gasteiger partial charge in [-0.1, -0.05) is 6.07 Å². The number of rotatable bonds is 9. The average Bonchev–Trinajstić information content (AvgIpc) is 2.76. The standard InChI is InChI=1S/C20H30N2O7S/c1-21-17(23)13-30(25,26)15-9-11-22(12-10-15)18(24)8-6-14-5-7-16(27-2)20(29-4)19(14)28-3/h5,7,15H,6,8-13H2,1-4H3,(H,21,23). The highest BCUT2D eigenvalue weighted by atomic mass is 32.2. The van der Waals surface area contributed by atoms with E-state index in [0.29, 0.717) is 49.6 Å². The Hall–Kier alpha value is -2.49. The topological polar surface area (TPSA) is 111 Å². The van der Waals surface area contributed by atoms with Gasteiger partial charge in [0.15, 0.2) is 21.3 Å². The second-order valence-electron chi connectivity index (χ2n) is 7.05. The van der Waals surface area contributed by atoms with Crippen molar-refractivity contribution in [3.05, 3.63) is 17.7 Å². The van der Waals surface area contributed by atoms with Gasteiger partial charge in [0.25, 0.3) is 0 Å².